The van der Waals surface area contributed by atoms with Crippen molar-refractivity contribution >= 4 is 44.4 Å². The standard InChI is InChI=1S/C17H13ClN4O4S/c18-12-2-1-3-13-16(12)20-9-15(21-13)22-27(24,25)10-4-5-14-11(8-10)17(23)19-6-7-26-14/h1-5,8-9H,6-7H2,(H,19,23)(H,21,22). The van der Waals surface area contributed by atoms with Crippen LogP contribution >= 0.6 is 11.6 Å². The molecule has 1 aliphatic heterocycles. The van der Waals surface area contributed by atoms with E-state index in [1.54, 1.807) is 18.2 Å². The highest BCUT2D eigenvalue weighted by Crippen LogP contribution is 2.26. The lowest BCUT2D eigenvalue weighted by Gasteiger charge is -2.10. The molecule has 2 aromatic carbocycles. The van der Waals surface area contributed by atoms with Gasteiger partial charge in [-0.25, -0.2) is 18.4 Å². The number of carbonyl (C=O) groups is 1. The number of aromatic nitrogens is 2. The summed E-state index contributed by atoms with van der Waals surface area (Å²) in [7, 11) is -3.98. The van der Waals surface area contributed by atoms with E-state index in [9.17, 15) is 13.2 Å². The Morgan fingerprint density at radius 1 is 1.22 bits per heavy atom. The van der Waals surface area contributed by atoms with E-state index in [1.165, 1.54) is 24.4 Å². The maximum absolute atomic E-state index is 12.7. The zero-order chi connectivity index (χ0) is 19.0. The molecule has 3 aromatic rings. The predicted molar refractivity (Wildman–Crippen MR) is 99.6 cm³/mol. The predicted octanol–water partition coefficient (Wildman–Crippen LogP) is 2.21. The molecule has 0 radical (unpaired) electrons. The van der Waals surface area contributed by atoms with Crippen molar-refractivity contribution in [1.82, 2.24) is 15.3 Å². The van der Waals surface area contributed by atoms with E-state index in [0.717, 1.165) is 0 Å². The van der Waals surface area contributed by atoms with E-state index >= 15 is 0 Å². The van der Waals surface area contributed by atoms with Crippen LogP contribution in [0.25, 0.3) is 11.0 Å². The molecule has 138 valence electrons. The number of hydrogen-bond donors (Lipinski definition) is 2. The van der Waals surface area contributed by atoms with Gasteiger partial charge < -0.3 is 10.1 Å². The summed E-state index contributed by atoms with van der Waals surface area (Å²) in [5.74, 6) is -0.0100. The minimum absolute atomic E-state index is 0.0420. The average molecular weight is 405 g/mol. The third-order valence-corrected chi connectivity index (χ3v) is 5.57. The second kappa shape index (κ2) is 6.67. The topological polar surface area (TPSA) is 110 Å². The first-order valence-corrected chi connectivity index (χ1v) is 9.79. The van der Waals surface area contributed by atoms with Gasteiger partial charge in [0.25, 0.3) is 15.9 Å². The summed E-state index contributed by atoms with van der Waals surface area (Å²) in [4.78, 5) is 20.4. The Hall–Kier alpha value is -2.91. The van der Waals surface area contributed by atoms with E-state index in [1.807, 2.05) is 0 Å². The Morgan fingerprint density at radius 3 is 2.93 bits per heavy atom. The molecule has 1 aliphatic rings. The number of rotatable bonds is 3. The molecule has 0 spiro atoms. The molecular weight excluding hydrogens is 392 g/mol. The fraction of sp³-hybridized carbons (Fsp3) is 0.118. The smallest absolute Gasteiger partial charge is 0.263 e. The van der Waals surface area contributed by atoms with Gasteiger partial charge in [-0.3, -0.25) is 9.52 Å². The van der Waals surface area contributed by atoms with Gasteiger partial charge >= 0.3 is 0 Å². The van der Waals surface area contributed by atoms with Gasteiger partial charge in [-0.1, -0.05) is 17.7 Å². The van der Waals surface area contributed by atoms with Gasteiger partial charge in [-0.2, -0.15) is 0 Å². The first kappa shape index (κ1) is 17.5. The summed E-state index contributed by atoms with van der Waals surface area (Å²) in [6, 6.07) is 9.14. The van der Waals surface area contributed by atoms with Gasteiger partial charge in [0.15, 0.2) is 5.82 Å². The Bertz CT molecular complexity index is 1170. The van der Waals surface area contributed by atoms with Crippen molar-refractivity contribution < 1.29 is 17.9 Å². The molecule has 1 aromatic heterocycles. The quantitative estimate of drug-likeness (QED) is 0.692. The van der Waals surface area contributed by atoms with E-state index in [0.29, 0.717) is 35.0 Å². The first-order chi connectivity index (χ1) is 12.9. The van der Waals surface area contributed by atoms with Crippen LogP contribution in [0, 0.1) is 0 Å². The van der Waals surface area contributed by atoms with E-state index in [-0.39, 0.29) is 22.2 Å². The second-order valence-electron chi connectivity index (χ2n) is 5.73. The van der Waals surface area contributed by atoms with Crippen LogP contribution < -0.4 is 14.8 Å². The molecule has 0 atom stereocenters. The van der Waals surface area contributed by atoms with Crippen molar-refractivity contribution in [3.63, 3.8) is 0 Å². The number of anilines is 1. The third-order valence-electron chi connectivity index (χ3n) is 3.91. The Balaban J connectivity index is 1.69. The molecule has 0 bridgehead atoms. The van der Waals surface area contributed by atoms with Crippen LogP contribution in [-0.2, 0) is 10.0 Å². The van der Waals surface area contributed by atoms with Crippen molar-refractivity contribution in [2.75, 3.05) is 17.9 Å². The van der Waals surface area contributed by atoms with Crippen LogP contribution in [0.15, 0.2) is 47.5 Å². The van der Waals surface area contributed by atoms with Crippen LogP contribution in [0.2, 0.25) is 5.02 Å². The second-order valence-corrected chi connectivity index (χ2v) is 7.82. The highest BCUT2D eigenvalue weighted by molar-refractivity contribution is 7.92. The van der Waals surface area contributed by atoms with Crippen molar-refractivity contribution in [1.29, 1.82) is 0 Å². The van der Waals surface area contributed by atoms with Crippen LogP contribution in [0.5, 0.6) is 5.75 Å². The molecule has 2 N–H and O–H groups in total. The molecule has 0 saturated heterocycles. The molecule has 1 amide bonds. The van der Waals surface area contributed by atoms with Crippen molar-refractivity contribution in [2.45, 2.75) is 4.90 Å². The summed E-state index contributed by atoms with van der Waals surface area (Å²) in [5, 5.41) is 3.06. The number of halogens is 1. The van der Waals surface area contributed by atoms with E-state index in [4.69, 9.17) is 16.3 Å². The molecule has 0 saturated carbocycles. The lowest BCUT2D eigenvalue weighted by molar-refractivity contribution is 0.0957. The van der Waals surface area contributed by atoms with Crippen LogP contribution in [0.4, 0.5) is 5.82 Å². The van der Waals surface area contributed by atoms with Crippen molar-refractivity contribution in [3.05, 3.63) is 53.2 Å². The van der Waals surface area contributed by atoms with E-state index in [2.05, 4.69) is 20.0 Å². The lowest BCUT2D eigenvalue weighted by Crippen LogP contribution is -2.24. The van der Waals surface area contributed by atoms with Gasteiger partial charge in [0, 0.05) is 0 Å². The number of amides is 1. The van der Waals surface area contributed by atoms with Crippen LogP contribution in [0.3, 0.4) is 0 Å². The summed E-state index contributed by atoms with van der Waals surface area (Å²) in [5.41, 5.74) is 1.09. The number of nitrogens with one attached hydrogen (secondary N) is 2. The summed E-state index contributed by atoms with van der Waals surface area (Å²) >= 11 is 6.04. The number of sulfonamides is 1. The summed E-state index contributed by atoms with van der Waals surface area (Å²) < 4.78 is 33.2. The van der Waals surface area contributed by atoms with Crippen LogP contribution in [0.1, 0.15) is 10.4 Å². The number of ether oxygens (including phenoxy) is 1. The molecule has 10 heteroatoms. The monoisotopic (exact) mass is 404 g/mol. The number of nitrogens with zero attached hydrogens (tertiary/aromatic N) is 2. The zero-order valence-corrected chi connectivity index (χ0v) is 15.3. The number of carbonyl (C=O) groups excluding carboxylic acids is 1. The van der Waals surface area contributed by atoms with Crippen molar-refractivity contribution in [2.24, 2.45) is 0 Å². The van der Waals surface area contributed by atoms with E-state index < -0.39 is 10.0 Å². The fourth-order valence-corrected chi connectivity index (χ4v) is 3.88. The minimum atomic E-state index is -3.98. The number of hydrogen-bond acceptors (Lipinski definition) is 6. The number of fused-ring (bicyclic) bond motifs is 2. The summed E-state index contributed by atoms with van der Waals surface area (Å²) in [6.07, 6.45) is 1.28. The SMILES string of the molecule is O=C1NCCOc2ccc(S(=O)(=O)Nc3cnc4c(Cl)cccc4n3)cc21. The highest BCUT2D eigenvalue weighted by Gasteiger charge is 2.22. The third kappa shape index (κ3) is 3.38. The van der Waals surface area contributed by atoms with Gasteiger partial charge in [0.05, 0.1) is 33.7 Å². The highest BCUT2D eigenvalue weighted by atomic mass is 35.5. The molecule has 0 unspecified atom stereocenters. The summed E-state index contributed by atoms with van der Waals surface area (Å²) in [6.45, 7) is 0.668. The number of benzene rings is 2. The van der Waals surface area contributed by atoms with Crippen molar-refractivity contribution in [3.8, 4) is 5.75 Å². The van der Waals surface area contributed by atoms with Gasteiger partial charge in [0.2, 0.25) is 0 Å². The molecule has 4 rings (SSSR count). The minimum Gasteiger partial charge on any atom is -0.491 e. The normalized spacial score (nSPS) is 14.0. The Labute approximate surface area is 159 Å². The fourth-order valence-electron chi connectivity index (χ4n) is 2.65. The molecule has 27 heavy (non-hydrogen) atoms. The zero-order valence-electron chi connectivity index (χ0n) is 13.8. The molecule has 0 fully saturated rings. The molecule has 2 heterocycles. The Kier molecular flexibility index (Phi) is 4.33. The maximum Gasteiger partial charge on any atom is 0.263 e. The maximum atomic E-state index is 12.7. The molecule has 0 aliphatic carbocycles. The van der Waals surface area contributed by atoms with Gasteiger partial charge in [0.1, 0.15) is 17.9 Å². The molecule has 8 nitrogen and oxygen atoms in total. The largest absolute Gasteiger partial charge is 0.491 e. The first-order valence-electron chi connectivity index (χ1n) is 7.93. The average Bonchev–Trinajstić information content (AvgIpc) is 2.83. The Morgan fingerprint density at radius 2 is 2.07 bits per heavy atom. The lowest BCUT2D eigenvalue weighted by atomic mass is 10.2. The molecular formula is C17H13ClN4O4S. The van der Waals surface area contributed by atoms with Crippen LogP contribution in [-0.4, -0.2) is 37.4 Å². The van der Waals surface area contributed by atoms with Gasteiger partial charge in [-0.05, 0) is 30.3 Å². The van der Waals surface area contributed by atoms with Gasteiger partial charge in [-0.15, -0.1) is 0 Å². The number of para-hydroxylation sites is 1.